The molecule has 1 aromatic carbocycles. The van der Waals surface area contributed by atoms with Crippen LogP contribution in [0.3, 0.4) is 0 Å². The Bertz CT molecular complexity index is 630. The molecule has 1 heterocycles. The van der Waals surface area contributed by atoms with E-state index >= 15 is 0 Å². The Labute approximate surface area is 117 Å². The van der Waals surface area contributed by atoms with Gasteiger partial charge in [-0.15, -0.1) is 0 Å². The van der Waals surface area contributed by atoms with Crippen LogP contribution >= 0.6 is 0 Å². The predicted molar refractivity (Wildman–Crippen MR) is 67.1 cm³/mol. The molecule has 0 saturated carbocycles. The second-order valence-corrected chi connectivity index (χ2v) is 4.19. The number of urea groups is 1. The van der Waals surface area contributed by atoms with Crippen LogP contribution in [0.5, 0.6) is 0 Å². The lowest BCUT2D eigenvalue weighted by molar-refractivity contribution is -0.128. The molecule has 1 aromatic rings. The summed E-state index contributed by atoms with van der Waals surface area (Å²) in [7, 11) is 0. The Morgan fingerprint density at radius 1 is 1.38 bits per heavy atom. The molecule has 4 amide bonds. The van der Waals surface area contributed by atoms with Gasteiger partial charge in [0.05, 0.1) is 12.1 Å². The Balaban J connectivity index is 2.03. The lowest BCUT2D eigenvalue weighted by atomic mass is 10.2. The maximum Gasteiger partial charge on any atom is 0.338 e. The van der Waals surface area contributed by atoms with Gasteiger partial charge in [-0.3, -0.25) is 14.5 Å². The van der Waals surface area contributed by atoms with Crippen molar-refractivity contribution in [3.8, 4) is 0 Å². The van der Waals surface area contributed by atoms with Crippen LogP contribution in [0.25, 0.3) is 0 Å². The summed E-state index contributed by atoms with van der Waals surface area (Å²) >= 11 is 0. The first-order valence-corrected chi connectivity index (χ1v) is 5.79. The summed E-state index contributed by atoms with van der Waals surface area (Å²) in [6.07, 6.45) is 0. The van der Waals surface area contributed by atoms with E-state index in [1.807, 2.05) is 0 Å². The third kappa shape index (κ3) is 3.14. The zero-order valence-electron chi connectivity index (χ0n) is 10.6. The summed E-state index contributed by atoms with van der Waals surface area (Å²) in [4.78, 5) is 45.5. The number of carbonyl (C=O) groups is 4. The maximum atomic E-state index is 13.4. The highest BCUT2D eigenvalue weighted by Gasteiger charge is 2.30. The Morgan fingerprint density at radius 2 is 2.10 bits per heavy atom. The number of carboxylic acids is 1. The number of benzene rings is 1. The van der Waals surface area contributed by atoms with Gasteiger partial charge in [0.1, 0.15) is 12.4 Å². The molecule has 21 heavy (non-hydrogen) atoms. The Kier molecular flexibility index (Phi) is 3.83. The SMILES string of the molecule is O=C(CN1C(=O)CNC1=O)Nc1ccc(C(=O)O)c(F)c1. The highest BCUT2D eigenvalue weighted by atomic mass is 19.1. The van der Waals surface area contributed by atoms with Crippen LogP contribution in [-0.2, 0) is 9.59 Å². The standard InChI is InChI=1S/C12H10FN3O5/c13-8-3-6(1-2-7(8)11(19)20)15-9(17)5-16-10(18)4-14-12(16)21/h1-3H,4-5H2,(H,14,21)(H,15,17)(H,19,20). The first-order valence-electron chi connectivity index (χ1n) is 5.79. The van der Waals surface area contributed by atoms with E-state index in [1.165, 1.54) is 6.07 Å². The summed E-state index contributed by atoms with van der Waals surface area (Å²) in [6, 6.07) is 2.37. The van der Waals surface area contributed by atoms with Crippen molar-refractivity contribution in [2.24, 2.45) is 0 Å². The molecule has 9 heteroatoms. The third-order valence-corrected chi connectivity index (χ3v) is 2.72. The van der Waals surface area contributed by atoms with Gasteiger partial charge in [-0.2, -0.15) is 0 Å². The number of hydrogen-bond donors (Lipinski definition) is 3. The number of rotatable bonds is 4. The fraction of sp³-hybridized carbons (Fsp3) is 0.167. The topological polar surface area (TPSA) is 116 Å². The van der Waals surface area contributed by atoms with Gasteiger partial charge in [0, 0.05) is 5.69 Å². The molecule has 0 bridgehead atoms. The molecule has 0 unspecified atom stereocenters. The average molecular weight is 295 g/mol. The summed E-state index contributed by atoms with van der Waals surface area (Å²) in [5, 5.41) is 13.2. The van der Waals surface area contributed by atoms with E-state index < -0.39 is 41.7 Å². The monoisotopic (exact) mass is 295 g/mol. The van der Waals surface area contributed by atoms with Crippen LogP contribution in [0.1, 0.15) is 10.4 Å². The number of carbonyl (C=O) groups excluding carboxylic acids is 3. The van der Waals surface area contributed by atoms with Crippen LogP contribution in [0.15, 0.2) is 18.2 Å². The number of nitrogens with zero attached hydrogens (tertiary/aromatic N) is 1. The van der Waals surface area contributed by atoms with E-state index in [0.717, 1.165) is 17.0 Å². The molecule has 110 valence electrons. The van der Waals surface area contributed by atoms with Crippen LogP contribution in [0, 0.1) is 5.82 Å². The van der Waals surface area contributed by atoms with Gasteiger partial charge in [-0.25, -0.2) is 14.0 Å². The van der Waals surface area contributed by atoms with Crippen molar-refractivity contribution < 1.29 is 28.7 Å². The Hall–Kier alpha value is -2.97. The van der Waals surface area contributed by atoms with E-state index in [1.54, 1.807) is 0 Å². The van der Waals surface area contributed by atoms with Crippen molar-refractivity contribution in [3.63, 3.8) is 0 Å². The van der Waals surface area contributed by atoms with Crippen molar-refractivity contribution in [2.45, 2.75) is 0 Å². The second-order valence-electron chi connectivity index (χ2n) is 4.19. The highest BCUT2D eigenvalue weighted by molar-refractivity contribution is 6.06. The maximum absolute atomic E-state index is 13.4. The molecule has 0 aromatic heterocycles. The van der Waals surface area contributed by atoms with E-state index in [9.17, 15) is 23.6 Å². The molecule has 2 rings (SSSR count). The fourth-order valence-electron chi connectivity index (χ4n) is 1.73. The lowest BCUT2D eigenvalue weighted by Crippen LogP contribution is -2.38. The van der Waals surface area contributed by atoms with Gasteiger partial charge in [0.25, 0.3) is 5.91 Å². The van der Waals surface area contributed by atoms with Crippen molar-refractivity contribution >= 4 is 29.5 Å². The lowest BCUT2D eigenvalue weighted by Gasteiger charge is -2.12. The number of aromatic carboxylic acids is 1. The number of hydrogen-bond acceptors (Lipinski definition) is 4. The number of carboxylic acid groups (broad SMARTS) is 1. The zero-order valence-corrected chi connectivity index (χ0v) is 10.6. The number of imide groups is 1. The largest absolute Gasteiger partial charge is 0.478 e. The number of halogens is 1. The minimum Gasteiger partial charge on any atom is -0.478 e. The van der Waals surface area contributed by atoms with Gasteiger partial charge >= 0.3 is 12.0 Å². The summed E-state index contributed by atoms with van der Waals surface area (Å²) in [6.45, 7) is -0.680. The van der Waals surface area contributed by atoms with Gasteiger partial charge in [-0.1, -0.05) is 0 Å². The zero-order chi connectivity index (χ0) is 15.6. The molecular weight excluding hydrogens is 285 g/mol. The van der Waals surface area contributed by atoms with Gasteiger partial charge in [0.2, 0.25) is 5.91 Å². The van der Waals surface area contributed by atoms with E-state index in [-0.39, 0.29) is 12.2 Å². The molecule has 1 aliphatic heterocycles. The normalized spacial score (nSPS) is 14.0. The predicted octanol–water partition coefficient (Wildman–Crippen LogP) is 0.0142. The smallest absolute Gasteiger partial charge is 0.338 e. The average Bonchev–Trinajstić information content (AvgIpc) is 2.70. The molecule has 0 spiro atoms. The van der Waals surface area contributed by atoms with Crippen molar-refractivity contribution in [3.05, 3.63) is 29.6 Å². The van der Waals surface area contributed by atoms with Gasteiger partial charge < -0.3 is 15.7 Å². The molecule has 8 nitrogen and oxygen atoms in total. The van der Waals surface area contributed by atoms with Crippen LogP contribution < -0.4 is 10.6 Å². The molecule has 1 fully saturated rings. The number of nitrogens with one attached hydrogen (secondary N) is 2. The quantitative estimate of drug-likeness (QED) is 0.677. The van der Waals surface area contributed by atoms with Crippen molar-refractivity contribution in [2.75, 3.05) is 18.4 Å². The minimum atomic E-state index is -1.43. The van der Waals surface area contributed by atoms with E-state index in [4.69, 9.17) is 5.11 Å². The summed E-state index contributed by atoms with van der Waals surface area (Å²) < 4.78 is 13.4. The third-order valence-electron chi connectivity index (χ3n) is 2.72. The second kappa shape index (κ2) is 5.57. The van der Waals surface area contributed by atoms with E-state index in [2.05, 4.69) is 10.6 Å². The highest BCUT2D eigenvalue weighted by Crippen LogP contribution is 2.14. The number of amides is 4. The number of anilines is 1. The molecule has 0 atom stereocenters. The summed E-state index contributed by atoms with van der Waals surface area (Å²) in [5.41, 5.74) is -0.503. The van der Waals surface area contributed by atoms with Crippen LogP contribution in [0.4, 0.5) is 14.9 Å². The van der Waals surface area contributed by atoms with Crippen LogP contribution in [0.2, 0.25) is 0 Å². The van der Waals surface area contributed by atoms with Gasteiger partial charge in [0.15, 0.2) is 0 Å². The van der Waals surface area contributed by atoms with Crippen molar-refractivity contribution in [1.82, 2.24) is 10.2 Å². The molecule has 1 saturated heterocycles. The molecule has 0 radical (unpaired) electrons. The Morgan fingerprint density at radius 3 is 2.62 bits per heavy atom. The summed E-state index contributed by atoms with van der Waals surface area (Å²) in [5.74, 6) is -3.68. The minimum absolute atomic E-state index is 0.0227. The molecule has 3 N–H and O–H groups in total. The van der Waals surface area contributed by atoms with Crippen LogP contribution in [-0.4, -0.2) is 46.9 Å². The first-order chi connectivity index (χ1) is 9.88. The molecule has 0 aliphatic carbocycles. The molecule has 1 aliphatic rings. The van der Waals surface area contributed by atoms with Crippen molar-refractivity contribution in [1.29, 1.82) is 0 Å². The molecular formula is C12H10FN3O5. The fourth-order valence-corrected chi connectivity index (χ4v) is 1.73. The first kappa shape index (κ1) is 14.4. The van der Waals surface area contributed by atoms with Gasteiger partial charge in [-0.05, 0) is 18.2 Å². The van der Waals surface area contributed by atoms with E-state index in [0.29, 0.717) is 0 Å².